The van der Waals surface area contributed by atoms with Crippen molar-refractivity contribution >= 4 is 27.5 Å². The fourth-order valence-electron chi connectivity index (χ4n) is 3.07. The number of anilines is 1. The smallest absolute Gasteiger partial charge is 0.255 e. The summed E-state index contributed by atoms with van der Waals surface area (Å²) >= 11 is 3.41. The molecule has 1 amide bonds. The highest BCUT2D eigenvalue weighted by molar-refractivity contribution is 9.10. The predicted octanol–water partition coefficient (Wildman–Crippen LogP) is 4.74. The molecule has 158 valence electrons. The van der Waals surface area contributed by atoms with E-state index in [9.17, 15) is 4.79 Å². The van der Waals surface area contributed by atoms with Crippen LogP contribution in [-0.4, -0.2) is 25.5 Å². The van der Waals surface area contributed by atoms with Crippen LogP contribution in [0.3, 0.4) is 0 Å². The van der Waals surface area contributed by atoms with E-state index in [2.05, 4.69) is 31.4 Å². The third-order valence-corrected chi connectivity index (χ3v) is 5.18. The standard InChI is InChI=1S/C23H22BrN5O2/c1-2-28-13-18(11-25-28)14-29-15-21(12-26-29)27-23(30)19-5-3-4-17(10-19)16-31-22-8-6-20(24)7-9-22/h3-13,15H,2,14,16H2,1H3,(H,27,30). The van der Waals surface area contributed by atoms with Crippen molar-refractivity contribution in [1.82, 2.24) is 19.6 Å². The van der Waals surface area contributed by atoms with Gasteiger partial charge in [-0.15, -0.1) is 0 Å². The lowest BCUT2D eigenvalue weighted by molar-refractivity contribution is 0.102. The molecule has 2 aromatic carbocycles. The van der Waals surface area contributed by atoms with E-state index in [0.717, 1.165) is 27.9 Å². The van der Waals surface area contributed by atoms with Gasteiger partial charge in [0.25, 0.3) is 5.91 Å². The molecule has 31 heavy (non-hydrogen) atoms. The van der Waals surface area contributed by atoms with Gasteiger partial charge >= 0.3 is 0 Å². The van der Waals surface area contributed by atoms with Crippen LogP contribution >= 0.6 is 15.9 Å². The first-order chi connectivity index (χ1) is 15.1. The molecule has 0 atom stereocenters. The number of halogens is 1. The Morgan fingerprint density at radius 3 is 2.61 bits per heavy atom. The Morgan fingerprint density at radius 1 is 1.03 bits per heavy atom. The van der Waals surface area contributed by atoms with Crippen LogP contribution in [0, 0.1) is 0 Å². The highest BCUT2D eigenvalue weighted by Gasteiger charge is 2.09. The van der Waals surface area contributed by atoms with Crippen LogP contribution in [0.1, 0.15) is 28.4 Å². The first-order valence-electron chi connectivity index (χ1n) is 9.91. The Bertz CT molecular complexity index is 1170. The van der Waals surface area contributed by atoms with Crippen LogP contribution in [-0.2, 0) is 19.7 Å². The first kappa shape index (κ1) is 20.9. The van der Waals surface area contributed by atoms with Gasteiger partial charge in [0.2, 0.25) is 0 Å². The molecule has 1 N–H and O–H groups in total. The van der Waals surface area contributed by atoms with Gasteiger partial charge in [0.05, 0.1) is 24.6 Å². The second-order valence-corrected chi connectivity index (χ2v) is 7.94. The van der Waals surface area contributed by atoms with Gasteiger partial charge in [0.15, 0.2) is 0 Å². The summed E-state index contributed by atoms with van der Waals surface area (Å²) in [7, 11) is 0. The molecule has 8 heteroatoms. The molecule has 0 aliphatic carbocycles. The molecule has 0 unspecified atom stereocenters. The van der Waals surface area contributed by atoms with Crippen molar-refractivity contribution in [3.8, 4) is 5.75 Å². The third-order valence-electron chi connectivity index (χ3n) is 4.65. The maximum absolute atomic E-state index is 12.7. The van der Waals surface area contributed by atoms with E-state index in [4.69, 9.17) is 4.74 Å². The molecule has 2 aromatic heterocycles. The average molecular weight is 480 g/mol. The zero-order valence-corrected chi connectivity index (χ0v) is 18.6. The number of carbonyl (C=O) groups is 1. The van der Waals surface area contributed by atoms with E-state index in [1.54, 1.807) is 16.9 Å². The van der Waals surface area contributed by atoms with Crippen LogP contribution in [0.15, 0.2) is 77.8 Å². The van der Waals surface area contributed by atoms with Gasteiger partial charge in [-0.2, -0.15) is 10.2 Å². The number of nitrogens with one attached hydrogen (secondary N) is 1. The molecule has 0 radical (unpaired) electrons. The lowest BCUT2D eigenvalue weighted by atomic mass is 10.1. The van der Waals surface area contributed by atoms with Crippen molar-refractivity contribution in [2.24, 2.45) is 0 Å². The second-order valence-electron chi connectivity index (χ2n) is 7.03. The molecule has 4 aromatic rings. The predicted molar refractivity (Wildman–Crippen MR) is 122 cm³/mol. The molecule has 0 bridgehead atoms. The maximum Gasteiger partial charge on any atom is 0.255 e. The SMILES string of the molecule is CCn1cc(Cn2cc(NC(=O)c3cccc(COc4ccc(Br)cc4)c3)cn2)cn1. The van der Waals surface area contributed by atoms with Crippen LogP contribution in [0.2, 0.25) is 0 Å². The van der Waals surface area contributed by atoms with Gasteiger partial charge < -0.3 is 10.1 Å². The van der Waals surface area contributed by atoms with E-state index in [-0.39, 0.29) is 5.91 Å². The minimum absolute atomic E-state index is 0.191. The average Bonchev–Trinajstić information content (AvgIpc) is 3.43. The number of amides is 1. The van der Waals surface area contributed by atoms with Crippen LogP contribution in [0.25, 0.3) is 0 Å². The normalized spacial score (nSPS) is 10.8. The lowest BCUT2D eigenvalue weighted by Gasteiger charge is -2.08. The quantitative estimate of drug-likeness (QED) is 0.395. The van der Waals surface area contributed by atoms with E-state index in [0.29, 0.717) is 24.4 Å². The molecule has 7 nitrogen and oxygen atoms in total. The fraction of sp³-hybridized carbons (Fsp3) is 0.174. The largest absolute Gasteiger partial charge is 0.489 e. The summed E-state index contributed by atoms with van der Waals surface area (Å²) in [5.41, 5.74) is 3.18. The molecule has 0 aliphatic rings. The minimum atomic E-state index is -0.191. The number of aromatic nitrogens is 4. The highest BCUT2D eigenvalue weighted by atomic mass is 79.9. The number of ether oxygens (including phenoxy) is 1. The molecular weight excluding hydrogens is 458 g/mol. The van der Waals surface area contributed by atoms with Crippen LogP contribution in [0.5, 0.6) is 5.75 Å². The first-order valence-corrected chi connectivity index (χ1v) is 10.7. The molecule has 4 rings (SSSR count). The summed E-state index contributed by atoms with van der Waals surface area (Å²) in [6, 6.07) is 15.0. The zero-order valence-electron chi connectivity index (χ0n) is 17.0. The van der Waals surface area contributed by atoms with Crippen molar-refractivity contribution in [3.63, 3.8) is 0 Å². The number of hydrogen-bond acceptors (Lipinski definition) is 4. The second kappa shape index (κ2) is 9.61. The number of carbonyl (C=O) groups excluding carboxylic acids is 1. The minimum Gasteiger partial charge on any atom is -0.489 e. The topological polar surface area (TPSA) is 74.0 Å². The van der Waals surface area contributed by atoms with E-state index in [1.165, 1.54) is 0 Å². The number of benzene rings is 2. The van der Waals surface area contributed by atoms with E-state index < -0.39 is 0 Å². The van der Waals surface area contributed by atoms with Gasteiger partial charge in [-0.25, -0.2) is 0 Å². The fourth-order valence-corrected chi connectivity index (χ4v) is 3.33. The van der Waals surface area contributed by atoms with Crippen LogP contribution in [0.4, 0.5) is 5.69 Å². The van der Waals surface area contributed by atoms with Gasteiger partial charge in [-0.3, -0.25) is 14.2 Å². The summed E-state index contributed by atoms with van der Waals surface area (Å²) < 4.78 is 10.4. The lowest BCUT2D eigenvalue weighted by Crippen LogP contribution is -2.12. The summed E-state index contributed by atoms with van der Waals surface area (Å²) in [6.07, 6.45) is 7.26. The number of hydrogen-bond donors (Lipinski definition) is 1. The summed E-state index contributed by atoms with van der Waals surface area (Å²) in [5.74, 6) is 0.582. The Hall–Kier alpha value is -3.39. The highest BCUT2D eigenvalue weighted by Crippen LogP contribution is 2.18. The van der Waals surface area contributed by atoms with E-state index in [1.807, 2.05) is 72.7 Å². The molecular formula is C23H22BrN5O2. The zero-order chi connectivity index (χ0) is 21.6. The van der Waals surface area contributed by atoms with Gasteiger partial charge in [0.1, 0.15) is 12.4 Å². The summed E-state index contributed by atoms with van der Waals surface area (Å²) in [6.45, 7) is 3.85. The molecule has 2 heterocycles. The monoisotopic (exact) mass is 479 g/mol. The number of aryl methyl sites for hydroxylation is 1. The third kappa shape index (κ3) is 5.61. The Kier molecular flexibility index (Phi) is 6.47. The summed E-state index contributed by atoms with van der Waals surface area (Å²) in [4.78, 5) is 12.7. The molecule has 0 aliphatic heterocycles. The van der Waals surface area contributed by atoms with Gasteiger partial charge in [-0.1, -0.05) is 28.1 Å². The molecule has 0 saturated carbocycles. The van der Waals surface area contributed by atoms with Crippen molar-refractivity contribution < 1.29 is 9.53 Å². The van der Waals surface area contributed by atoms with E-state index >= 15 is 0 Å². The molecule has 0 fully saturated rings. The van der Waals surface area contributed by atoms with Crippen molar-refractivity contribution in [1.29, 1.82) is 0 Å². The number of nitrogens with zero attached hydrogens (tertiary/aromatic N) is 4. The number of rotatable bonds is 8. The summed E-state index contributed by atoms with van der Waals surface area (Å²) in [5, 5.41) is 11.5. The van der Waals surface area contributed by atoms with Crippen molar-refractivity contribution in [2.75, 3.05) is 5.32 Å². The van der Waals surface area contributed by atoms with Crippen molar-refractivity contribution in [3.05, 3.63) is 94.5 Å². The van der Waals surface area contributed by atoms with Gasteiger partial charge in [-0.05, 0) is 48.9 Å². The Labute approximate surface area is 188 Å². The van der Waals surface area contributed by atoms with Crippen LogP contribution < -0.4 is 10.1 Å². The Morgan fingerprint density at radius 2 is 1.84 bits per heavy atom. The Balaban J connectivity index is 1.35. The van der Waals surface area contributed by atoms with Gasteiger partial charge in [0, 0.05) is 34.5 Å². The molecule has 0 saturated heterocycles. The maximum atomic E-state index is 12.7. The molecule has 0 spiro atoms. The van der Waals surface area contributed by atoms with Crippen molar-refractivity contribution in [2.45, 2.75) is 26.6 Å².